The third-order valence-corrected chi connectivity index (χ3v) is 8.15. The fourth-order valence-electron chi connectivity index (χ4n) is 3.99. The summed E-state index contributed by atoms with van der Waals surface area (Å²) < 4.78 is 29.1. The van der Waals surface area contributed by atoms with Gasteiger partial charge in [0.1, 0.15) is 11.4 Å². The van der Waals surface area contributed by atoms with Gasteiger partial charge < -0.3 is 19.1 Å². The first-order valence-electron chi connectivity index (χ1n) is 11.2. The van der Waals surface area contributed by atoms with Crippen molar-refractivity contribution in [3.63, 3.8) is 0 Å². The first kappa shape index (κ1) is 21.9. The van der Waals surface area contributed by atoms with Crippen molar-refractivity contribution < 1.29 is 27.3 Å². The SMILES string of the molecule is O=C(c1ccc(-c2ccc(OS(=O)(=O)C3CC3)cc2)cc1)N1CCN(C(=O)C2(O)CC2)CC1. The van der Waals surface area contributed by atoms with Crippen LogP contribution in [0.2, 0.25) is 0 Å². The maximum absolute atomic E-state index is 12.9. The normalized spacial score (nSPS) is 19.8. The van der Waals surface area contributed by atoms with Crippen LogP contribution in [0.15, 0.2) is 48.5 Å². The van der Waals surface area contributed by atoms with Gasteiger partial charge in [-0.25, -0.2) is 0 Å². The van der Waals surface area contributed by atoms with Gasteiger partial charge in [0, 0.05) is 31.7 Å². The minimum absolute atomic E-state index is 0.0900. The molecule has 0 spiro atoms. The number of benzene rings is 2. The number of aliphatic hydroxyl groups is 1. The van der Waals surface area contributed by atoms with Crippen LogP contribution < -0.4 is 4.18 Å². The van der Waals surface area contributed by atoms with Crippen LogP contribution in [-0.2, 0) is 14.9 Å². The Morgan fingerprint density at radius 2 is 1.36 bits per heavy atom. The fourth-order valence-corrected chi connectivity index (χ4v) is 5.22. The van der Waals surface area contributed by atoms with Gasteiger partial charge >= 0.3 is 10.1 Å². The van der Waals surface area contributed by atoms with E-state index < -0.39 is 15.7 Å². The molecule has 1 heterocycles. The lowest BCUT2D eigenvalue weighted by atomic mass is 10.0. The molecule has 5 rings (SSSR count). The molecule has 0 unspecified atom stereocenters. The van der Waals surface area contributed by atoms with Crippen molar-refractivity contribution in [3.8, 4) is 16.9 Å². The molecule has 2 amide bonds. The molecule has 2 aromatic rings. The molecule has 9 heteroatoms. The van der Waals surface area contributed by atoms with Crippen molar-refractivity contribution in [2.24, 2.45) is 0 Å². The molecular formula is C24H26N2O6S. The summed E-state index contributed by atoms with van der Waals surface area (Å²) in [5.74, 6) is -0.0165. The molecule has 8 nitrogen and oxygen atoms in total. The molecule has 3 fully saturated rings. The number of piperazine rings is 1. The molecule has 3 aliphatic rings. The fraction of sp³-hybridized carbons (Fsp3) is 0.417. The van der Waals surface area contributed by atoms with E-state index >= 15 is 0 Å². The zero-order valence-electron chi connectivity index (χ0n) is 18.1. The molecule has 2 saturated carbocycles. The second kappa shape index (κ2) is 8.14. The molecule has 0 atom stereocenters. The van der Waals surface area contributed by atoms with E-state index in [4.69, 9.17) is 4.18 Å². The monoisotopic (exact) mass is 470 g/mol. The van der Waals surface area contributed by atoms with E-state index in [1.807, 2.05) is 12.1 Å². The Morgan fingerprint density at radius 3 is 1.88 bits per heavy atom. The Bertz CT molecular complexity index is 1160. The number of nitrogens with zero attached hydrogens (tertiary/aromatic N) is 2. The van der Waals surface area contributed by atoms with Crippen LogP contribution >= 0.6 is 0 Å². The van der Waals surface area contributed by atoms with Crippen molar-refractivity contribution in [2.75, 3.05) is 26.2 Å². The minimum atomic E-state index is -3.53. The Hall–Kier alpha value is -2.91. The second-order valence-electron chi connectivity index (χ2n) is 8.99. The highest BCUT2D eigenvalue weighted by Gasteiger charge is 2.50. The zero-order valence-corrected chi connectivity index (χ0v) is 19.0. The van der Waals surface area contributed by atoms with Crippen LogP contribution in [-0.4, -0.2) is 72.2 Å². The van der Waals surface area contributed by atoms with Gasteiger partial charge in [0.2, 0.25) is 0 Å². The first-order valence-corrected chi connectivity index (χ1v) is 12.7. The molecule has 174 valence electrons. The highest BCUT2D eigenvalue weighted by molar-refractivity contribution is 7.88. The lowest BCUT2D eigenvalue weighted by Gasteiger charge is -2.35. The smallest absolute Gasteiger partial charge is 0.312 e. The van der Waals surface area contributed by atoms with Gasteiger partial charge in [0.05, 0.1) is 5.25 Å². The molecule has 1 N–H and O–H groups in total. The largest absolute Gasteiger partial charge is 0.382 e. The summed E-state index contributed by atoms with van der Waals surface area (Å²) in [6.45, 7) is 1.73. The standard InChI is InChI=1S/C24H26N2O6S/c27-22(25-13-15-26(16-14-25)23(28)24(29)11-12-24)19-3-1-17(2-4-19)18-5-7-20(8-6-18)32-33(30,31)21-9-10-21/h1-8,21,29H,9-16H2. The van der Waals surface area contributed by atoms with E-state index in [0.29, 0.717) is 63.2 Å². The van der Waals surface area contributed by atoms with Gasteiger partial charge in [-0.1, -0.05) is 24.3 Å². The Balaban J connectivity index is 1.19. The van der Waals surface area contributed by atoms with Crippen molar-refractivity contribution in [2.45, 2.75) is 36.5 Å². The minimum Gasteiger partial charge on any atom is -0.382 e. The van der Waals surface area contributed by atoms with Crippen LogP contribution in [0.3, 0.4) is 0 Å². The number of hydrogen-bond acceptors (Lipinski definition) is 6. The summed E-state index contributed by atoms with van der Waals surface area (Å²) in [5.41, 5.74) is 1.18. The number of hydrogen-bond donors (Lipinski definition) is 1. The third kappa shape index (κ3) is 4.60. The van der Waals surface area contributed by atoms with Crippen molar-refractivity contribution in [3.05, 3.63) is 54.1 Å². The summed E-state index contributed by atoms with van der Waals surface area (Å²) in [7, 11) is -3.53. The van der Waals surface area contributed by atoms with Crippen molar-refractivity contribution in [1.29, 1.82) is 0 Å². The number of carbonyl (C=O) groups is 2. The topological polar surface area (TPSA) is 104 Å². The zero-order chi connectivity index (χ0) is 23.2. The Labute approximate surface area is 192 Å². The van der Waals surface area contributed by atoms with E-state index in [1.54, 1.807) is 46.2 Å². The lowest BCUT2D eigenvalue weighted by molar-refractivity contribution is -0.143. The molecule has 0 radical (unpaired) electrons. The maximum atomic E-state index is 12.9. The van der Waals surface area contributed by atoms with Gasteiger partial charge in [-0.3, -0.25) is 9.59 Å². The van der Waals surface area contributed by atoms with Gasteiger partial charge in [0.15, 0.2) is 0 Å². The number of amides is 2. The number of rotatable bonds is 6. The average molecular weight is 471 g/mol. The van der Waals surface area contributed by atoms with Gasteiger partial charge in [-0.2, -0.15) is 8.42 Å². The molecule has 0 bridgehead atoms. The van der Waals surface area contributed by atoms with Crippen LogP contribution in [0, 0.1) is 0 Å². The molecule has 33 heavy (non-hydrogen) atoms. The number of carbonyl (C=O) groups excluding carboxylic acids is 2. The van der Waals surface area contributed by atoms with E-state index in [0.717, 1.165) is 11.1 Å². The predicted molar refractivity (Wildman–Crippen MR) is 121 cm³/mol. The van der Waals surface area contributed by atoms with Crippen molar-refractivity contribution >= 4 is 21.9 Å². The maximum Gasteiger partial charge on any atom is 0.312 e. The average Bonchev–Trinajstić information content (AvgIpc) is 3.75. The third-order valence-electron chi connectivity index (χ3n) is 6.44. The molecule has 2 aromatic carbocycles. The quantitative estimate of drug-likeness (QED) is 0.648. The van der Waals surface area contributed by atoms with E-state index in [9.17, 15) is 23.1 Å². The van der Waals surface area contributed by atoms with Crippen LogP contribution in [0.4, 0.5) is 0 Å². The van der Waals surface area contributed by atoms with Crippen molar-refractivity contribution in [1.82, 2.24) is 9.80 Å². The Kier molecular flexibility index (Phi) is 5.41. The van der Waals surface area contributed by atoms with Crippen LogP contribution in [0.25, 0.3) is 11.1 Å². The Morgan fingerprint density at radius 1 is 0.848 bits per heavy atom. The first-order chi connectivity index (χ1) is 15.7. The summed E-state index contributed by atoms with van der Waals surface area (Å²) in [4.78, 5) is 28.5. The van der Waals surface area contributed by atoms with E-state index in [1.165, 1.54) is 0 Å². The van der Waals surface area contributed by atoms with Crippen LogP contribution in [0.1, 0.15) is 36.0 Å². The predicted octanol–water partition coefficient (Wildman–Crippen LogP) is 2.03. The summed E-state index contributed by atoms with van der Waals surface area (Å²) >= 11 is 0. The van der Waals surface area contributed by atoms with Gasteiger partial charge in [-0.05, 0) is 61.1 Å². The molecule has 2 aliphatic carbocycles. The lowest BCUT2D eigenvalue weighted by Crippen LogP contribution is -2.53. The van der Waals surface area contributed by atoms with Crippen LogP contribution in [0.5, 0.6) is 5.75 Å². The van der Waals surface area contributed by atoms with Gasteiger partial charge in [0.25, 0.3) is 11.8 Å². The summed E-state index contributed by atoms with van der Waals surface area (Å²) in [5, 5.41) is 9.63. The molecule has 0 aromatic heterocycles. The van der Waals surface area contributed by atoms with Gasteiger partial charge in [-0.15, -0.1) is 0 Å². The molecule has 1 saturated heterocycles. The highest BCUT2D eigenvalue weighted by Crippen LogP contribution is 2.37. The van der Waals surface area contributed by atoms with E-state index in [2.05, 4.69) is 0 Å². The summed E-state index contributed by atoms with van der Waals surface area (Å²) in [6.07, 6.45) is 2.35. The highest BCUT2D eigenvalue weighted by atomic mass is 32.2. The summed E-state index contributed by atoms with van der Waals surface area (Å²) in [6, 6.07) is 14.1. The molecule has 1 aliphatic heterocycles. The van der Waals surface area contributed by atoms with E-state index in [-0.39, 0.29) is 17.1 Å². The molecular weight excluding hydrogens is 444 g/mol. The second-order valence-corrected chi connectivity index (χ2v) is 10.8.